The number of amides is 1. The second-order valence-electron chi connectivity index (χ2n) is 4.70. The molecule has 0 saturated heterocycles. The Bertz CT molecular complexity index is 635. The van der Waals surface area contributed by atoms with Crippen molar-refractivity contribution in [2.45, 2.75) is 6.42 Å². The maximum absolute atomic E-state index is 11.5. The molecule has 0 bridgehead atoms. The number of nitrogens with zero attached hydrogens (tertiary/aromatic N) is 1. The highest BCUT2D eigenvalue weighted by Crippen LogP contribution is 2.26. The zero-order valence-electron chi connectivity index (χ0n) is 11.6. The lowest BCUT2D eigenvalue weighted by molar-refractivity contribution is -0.129. The summed E-state index contributed by atoms with van der Waals surface area (Å²) in [4.78, 5) is 24.3. The third-order valence-corrected chi connectivity index (χ3v) is 3.12. The van der Waals surface area contributed by atoms with Crippen LogP contribution in [0.15, 0.2) is 36.4 Å². The van der Waals surface area contributed by atoms with Gasteiger partial charge in [0.25, 0.3) is 0 Å². The number of benzene rings is 2. The number of carbonyl (C=O) groups excluding carboxylic acids is 2. The van der Waals surface area contributed by atoms with Crippen LogP contribution in [0.3, 0.4) is 0 Å². The lowest BCUT2D eigenvalue weighted by Crippen LogP contribution is -2.23. The number of rotatable bonds is 5. The molecule has 0 unspecified atom stereocenters. The Labute approximate surface area is 117 Å². The maximum Gasteiger partial charge on any atom is 0.225 e. The van der Waals surface area contributed by atoms with E-state index in [1.807, 2.05) is 30.3 Å². The fourth-order valence-electron chi connectivity index (χ4n) is 1.99. The van der Waals surface area contributed by atoms with E-state index in [4.69, 9.17) is 4.74 Å². The molecule has 0 radical (unpaired) electrons. The van der Waals surface area contributed by atoms with Crippen LogP contribution in [0, 0.1) is 0 Å². The van der Waals surface area contributed by atoms with Crippen LogP contribution in [0.4, 0.5) is 0 Å². The normalized spacial score (nSPS) is 10.3. The summed E-state index contributed by atoms with van der Waals surface area (Å²) < 4.78 is 5.58. The van der Waals surface area contributed by atoms with Gasteiger partial charge in [0.2, 0.25) is 5.91 Å². The van der Waals surface area contributed by atoms with E-state index in [0.29, 0.717) is 11.3 Å². The Balaban J connectivity index is 2.18. The molecule has 0 aliphatic carbocycles. The summed E-state index contributed by atoms with van der Waals surface area (Å²) in [7, 11) is 3.41. The Hall–Kier alpha value is -2.36. The second-order valence-corrected chi connectivity index (χ2v) is 4.70. The van der Waals surface area contributed by atoms with E-state index in [9.17, 15) is 9.59 Å². The molecule has 0 fully saturated rings. The molecule has 2 aromatic carbocycles. The molecular formula is C16H17NO3. The van der Waals surface area contributed by atoms with Gasteiger partial charge in [-0.05, 0) is 16.8 Å². The molecule has 0 atom stereocenters. The van der Waals surface area contributed by atoms with Crippen molar-refractivity contribution in [2.24, 2.45) is 0 Å². The molecule has 0 heterocycles. The highest BCUT2D eigenvalue weighted by molar-refractivity contribution is 6.00. The van der Waals surface area contributed by atoms with Gasteiger partial charge in [0.1, 0.15) is 5.75 Å². The molecule has 0 N–H and O–H groups in total. The van der Waals surface area contributed by atoms with E-state index in [1.54, 1.807) is 20.2 Å². The zero-order chi connectivity index (χ0) is 14.5. The minimum absolute atomic E-state index is 0.00144. The van der Waals surface area contributed by atoms with Gasteiger partial charge in [0.15, 0.2) is 6.29 Å². The van der Waals surface area contributed by atoms with Crippen molar-refractivity contribution in [1.82, 2.24) is 4.90 Å². The van der Waals surface area contributed by atoms with Crippen molar-refractivity contribution in [3.8, 4) is 5.75 Å². The van der Waals surface area contributed by atoms with Gasteiger partial charge in [-0.3, -0.25) is 9.59 Å². The summed E-state index contributed by atoms with van der Waals surface area (Å²) in [6.45, 7) is 0.260. The van der Waals surface area contributed by atoms with E-state index in [-0.39, 0.29) is 18.9 Å². The molecular weight excluding hydrogens is 254 g/mol. The molecule has 0 aliphatic heterocycles. The summed E-state index contributed by atoms with van der Waals surface area (Å²) in [5.41, 5.74) is 0.528. The van der Waals surface area contributed by atoms with Crippen LogP contribution in [0.5, 0.6) is 5.75 Å². The van der Waals surface area contributed by atoms with Crippen LogP contribution in [0.2, 0.25) is 0 Å². The Morgan fingerprint density at radius 2 is 1.95 bits per heavy atom. The molecule has 0 aromatic heterocycles. The SMILES string of the molecule is CN(C)C(=O)CCOc1ccc2ccccc2c1C=O. The van der Waals surface area contributed by atoms with Crippen LogP contribution in [-0.4, -0.2) is 37.8 Å². The highest BCUT2D eigenvalue weighted by atomic mass is 16.5. The van der Waals surface area contributed by atoms with Gasteiger partial charge in [-0.1, -0.05) is 30.3 Å². The van der Waals surface area contributed by atoms with E-state index < -0.39 is 0 Å². The van der Waals surface area contributed by atoms with Gasteiger partial charge >= 0.3 is 0 Å². The van der Waals surface area contributed by atoms with Crippen molar-refractivity contribution >= 4 is 23.0 Å². The fraction of sp³-hybridized carbons (Fsp3) is 0.250. The topological polar surface area (TPSA) is 46.6 Å². The molecule has 20 heavy (non-hydrogen) atoms. The highest BCUT2D eigenvalue weighted by Gasteiger charge is 2.09. The molecule has 0 saturated carbocycles. The van der Waals surface area contributed by atoms with E-state index in [0.717, 1.165) is 17.1 Å². The summed E-state index contributed by atoms with van der Waals surface area (Å²) in [5, 5.41) is 1.85. The quantitative estimate of drug-likeness (QED) is 0.785. The predicted molar refractivity (Wildman–Crippen MR) is 78.1 cm³/mol. The van der Waals surface area contributed by atoms with Crippen LogP contribution in [0.25, 0.3) is 10.8 Å². The number of fused-ring (bicyclic) bond motifs is 1. The van der Waals surface area contributed by atoms with Gasteiger partial charge < -0.3 is 9.64 Å². The molecule has 1 amide bonds. The molecule has 2 rings (SSSR count). The second kappa shape index (κ2) is 6.19. The largest absolute Gasteiger partial charge is 0.492 e. The first kappa shape index (κ1) is 14.1. The average molecular weight is 271 g/mol. The fourth-order valence-corrected chi connectivity index (χ4v) is 1.99. The molecule has 4 heteroatoms. The Morgan fingerprint density at radius 1 is 1.20 bits per heavy atom. The smallest absolute Gasteiger partial charge is 0.225 e. The summed E-state index contributed by atoms with van der Waals surface area (Å²) in [6, 6.07) is 11.3. The molecule has 2 aromatic rings. The first-order valence-corrected chi connectivity index (χ1v) is 6.43. The van der Waals surface area contributed by atoms with Crippen molar-refractivity contribution in [3.63, 3.8) is 0 Å². The van der Waals surface area contributed by atoms with Crippen LogP contribution >= 0.6 is 0 Å². The summed E-state index contributed by atoms with van der Waals surface area (Å²) in [6.07, 6.45) is 1.09. The Morgan fingerprint density at radius 3 is 2.65 bits per heavy atom. The lowest BCUT2D eigenvalue weighted by atomic mass is 10.0. The monoisotopic (exact) mass is 271 g/mol. The van der Waals surface area contributed by atoms with Gasteiger partial charge in [-0.2, -0.15) is 0 Å². The third-order valence-electron chi connectivity index (χ3n) is 3.12. The summed E-state index contributed by atoms with van der Waals surface area (Å²) in [5.74, 6) is 0.517. The molecule has 0 spiro atoms. The molecule has 4 nitrogen and oxygen atoms in total. The Kier molecular flexibility index (Phi) is 4.35. The average Bonchev–Trinajstić information content (AvgIpc) is 2.46. The first-order valence-electron chi connectivity index (χ1n) is 6.43. The zero-order valence-corrected chi connectivity index (χ0v) is 11.6. The minimum Gasteiger partial charge on any atom is -0.492 e. The van der Waals surface area contributed by atoms with Gasteiger partial charge in [0, 0.05) is 14.1 Å². The number of aldehydes is 1. The van der Waals surface area contributed by atoms with Crippen molar-refractivity contribution in [3.05, 3.63) is 42.0 Å². The number of hydrogen-bond donors (Lipinski definition) is 0. The van der Waals surface area contributed by atoms with Crippen LogP contribution < -0.4 is 4.74 Å². The minimum atomic E-state index is -0.00144. The van der Waals surface area contributed by atoms with Crippen molar-refractivity contribution in [1.29, 1.82) is 0 Å². The predicted octanol–water partition coefficient (Wildman–Crippen LogP) is 2.51. The van der Waals surface area contributed by atoms with E-state index in [1.165, 1.54) is 4.90 Å². The van der Waals surface area contributed by atoms with Gasteiger partial charge in [-0.15, -0.1) is 0 Å². The molecule has 0 aliphatic rings. The van der Waals surface area contributed by atoms with Crippen LogP contribution in [0.1, 0.15) is 16.8 Å². The lowest BCUT2D eigenvalue weighted by Gasteiger charge is -2.12. The number of ether oxygens (including phenoxy) is 1. The van der Waals surface area contributed by atoms with Gasteiger partial charge in [-0.25, -0.2) is 0 Å². The van der Waals surface area contributed by atoms with Crippen molar-refractivity contribution < 1.29 is 14.3 Å². The number of carbonyl (C=O) groups is 2. The summed E-state index contributed by atoms with van der Waals surface area (Å²) >= 11 is 0. The van der Waals surface area contributed by atoms with E-state index >= 15 is 0 Å². The van der Waals surface area contributed by atoms with Gasteiger partial charge in [0.05, 0.1) is 18.6 Å². The third kappa shape index (κ3) is 2.96. The first-order chi connectivity index (χ1) is 9.63. The van der Waals surface area contributed by atoms with Crippen LogP contribution in [-0.2, 0) is 4.79 Å². The standard InChI is InChI=1S/C16H17NO3/c1-17(2)16(19)9-10-20-15-8-7-12-5-3-4-6-13(12)14(15)11-18/h3-8,11H,9-10H2,1-2H3. The number of hydrogen-bond acceptors (Lipinski definition) is 3. The molecule has 104 valence electrons. The van der Waals surface area contributed by atoms with Crippen molar-refractivity contribution in [2.75, 3.05) is 20.7 Å². The van der Waals surface area contributed by atoms with E-state index in [2.05, 4.69) is 0 Å². The maximum atomic E-state index is 11.5.